The first-order chi connectivity index (χ1) is 19.8. The van der Waals surface area contributed by atoms with E-state index >= 15 is 0 Å². The molecule has 3 amide bonds. The first-order valence-corrected chi connectivity index (χ1v) is 15.2. The number of likely N-dealkylation sites (tertiary alicyclic amines) is 1. The number of hydrogen-bond donors (Lipinski definition) is 1. The molecular weight excluding hydrogens is 530 g/mol. The lowest BCUT2D eigenvalue weighted by atomic mass is 9.66. The zero-order valence-electron chi connectivity index (χ0n) is 26.2. The standard InChI is InChI=1S/C34H49N3O5/c1-9-18-35(21-24-14-12-11-13-15-24)29(39)26-27-30(40)37(25(22-38)20-23(3)4)28(34(27)17-16-33(26,8)42-34)31(41)36(19-10-2)32(5,6)7/h9-15,23,25-28,38H,1-2,16-22H2,3-8H3/t25-,26-,27+,28?,33+,34?/m1/s1. The van der Waals surface area contributed by atoms with Crippen molar-refractivity contribution in [3.05, 3.63) is 61.2 Å². The van der Waals surface area contributed by atoms with Crippen LogP contribution < -0.4 is 0 Å². The molecule has 3 fully saturated rings. The van der Waals surface area contributed by atoms with Gasteiger partial charge in [0.1, 0.15) is 11.6 Å². The summed E-state index contributed by atoms with van der Waals surface area (Å²) in [7, 11) is 0. The monoisotopic (exact) mass is 579 g/mol. The topological polar surface area (TPSA) is 90.4 Å². The number of ether oxygens (including phenoxy) is 1. The fourth-order valence-electron chi connectivity index (χ4n) is 7.59. The molecule has 3 saturated heterocycles. The Labute approximate surface area is 251 Å². The van der Waals surface area contributed by atoms with Crippen molar-refractivity contribution in [2.45, 2.75) is 96.2 Å². The first-order valence-electron chi connectivity index (χ1n) is 15.2. The van der Waals surface area contributed by atoms with Gasteiger partial charge < -0.3 is 24.5 Å². The second-order valence-electron chi connectivity index (χ2n) is 13.8. The van der Waals surface area contributed by atoms with Crippen LogP contribution in [0.15, 0.2) is 55.6 Å². The van der Waals surface area contributed by atoms with E-state index in [9.17, 15) is 19.5 Å². The molecule has 0 aromatic heterocycles. The third-order valence-electron chi connectivity index (χ3n) is 9.33. The second kappa shape index (κ2) is 12.0. The number of hydrogen-bond acceptors (Lipinski definition) is 5. The highest BCUT2D eigenvalue weighted by Gasteiger charge is 2.79. The van der Waals surface area contributed by atoms with Crippen molar-refractivity contribution in [1.82, 2.24) is 14.7 Å². The lowest BCUT2D eigenvalue weighted by Crippen LogP contribution is -2.61. The fourth-order valence-corrected chi connectivity index (χ4v) is 7.59. The van der Waals surface area contributed by atoms with Crippen LogP contribution in [0.2, 0.25) is 0 Å². The van der Waals surface area contributed by atoms with Gasteiger partial charge in [-0.3, -0.25) is 14.4 Å². The van der Waals surface area contributed by atoms with Gasteiger partial charge in [-0.2, -0.15) is 0 Å². The van der Waals surface area contributed by atoms with Crippen LogP contribution in [0.1, 0.15) is 66.4 Å². The molecule has 1 aromatic carbocycles. The summed E-state index contributed by atoms with van der Waals surface area (Å²) in [6, 6.07) is 8.22. The third kappa shape index (κ3) is 5.44. The number of carbonyl (C=O) groups is 3. The predicted octanol–water partition coefficient (Wildman–Crippen LogP) is 4.19. The van der Waals surface area contributed by atoms with E-state index in [4.69, 9.17) is 4.74 Å². The molecule has 1 aromatic rings. The number of aliphatic hydroxyl groups excluding tert-OH is 1. The van der Waals surface area contributed by atoms with Gasteiger partial charge >= 0.3 is 0 Å². The zero-order chi connectivity index (χ0) is 31.0. The number of benzene rings is 1. The molecule has 4 rings (SSSR count). The Hall–Kier alpha value is -2.97. The quantitative estimate of drug-likeness (QED) is 0.375. The zero-order valence-corrected chi connectivity index (χ0v) is 26.2. The van der Waals surface area contributed by atoms with Gasteiger partial charge in [0.2, 0.25) is 17.7 Å². The molecule has 8 heteroatoms. The minimum Gasteiger partial charge on any atom is -0.394 e. The number of amides is 3. The molecule has 0 saturated carbocycles. The molecular formula is C34H49N3O5. The summed E-state index contributed by atoms with van der Waals surface area (Å²) < 4.78 is 6.87. The average molecular weight is 580 g/mol. The smallest absolute Gasteiger partial charge is 0.249 e. The molecule has 2 bridgehead atoms. The van der Waals surface area contributed by atoms with Crippen LogP contribution in [0.5, 0.6) is 0 Å². The predicted molar refractivity (Wildman–Crippen MR) is 163 cm³/mol. The van der Waals surface area contributed by atoms with E-state index in [-0.39, 0.29) is 30.2 Å². The summed E-state index contributed by atoms with van der Waals surface area (Å²) in [5, 5.41) is 10.6. The van der Waals surface area contributed by atoms with E-state index in [1.54, 1.807) is 26.9 Å². The van der Waals surface area contributed by atoms with Crippen LogP contribution in [0.3, 0.4) is 0 Å². The summed E-state index contributed by atoms with van der Waals surface area (Å²) in [4.78, 5) is 48.8. The van der Waals surface area contributed by atoms with Gasteiger partial charge in [-0.15, -0.1) is 13.2 Å². The van der Waals surface area contributed by atoms with Gasteiger partial charge in [0.05, 0.1) is 30.1 Å². The number of fused-ring (bicyclic) bond motifs is 1. The normalized spacial score (nSPS) is 29.0. The van der Waals surface area contributed by atoms with E-state index in [2.05, 4.69) is 13.2 Å². The molecule has 3 aliphatic rings. The Morgan fingerprint density at radius 2 is 1.76 bits per heavy atom. The maximum Gasteiger partial charge on any atom is 0.249 e. The Kier molecular flexibility index (Phi) is 9.10. The van der Waals surface area contributed by atoms with Crippen molar-refractivity contribution in [2.75, 3.05) is 19.7 Å². The van der Waals surface area contributed by atoms with Crippen LogP contribution in [0.4, 0.5) is 0 Å². The summed E-state index contributed by atoms with van der Waals surface area (Å²) in [6.07, 6.45) is 4.96. The molecule has 42 heavy (non-hydrogen) atoms. The Bertz CT molecular complexity index is 1190. The maximum atomic E-state index is 14.6. The van der Waals surface area contributed by atoms with Crippen LogP contribution >= 0.6 is 0 Å². The molecule has 3 heterocycles. The summed E-state index contributed by atoms with van der Waals surface area (Å²) in [6.45, 7) is 20.3. The number of nitrogens with zero attached hydrogens (tertiary/aromatic N) is 3. The van der Waals surface area contributed by atoms with Crippen molar-refractivity contribution in [3.63, 3.8) is 0 Å². The largest absolute Gasteiger partial charge is 0.394 e. The van der Waals surface area contributed by atoms with Crippen molar-refractivity contribution in [2.24, 2.45) is 17.8 Å². The molecule has 1 spiro atoms. The number of carbonyl (C=O) groups excluding carboxylic acids is 3. The Morgan fingerprint density at radius 1 is 1.12 bits per heavy atom. The van der Waals surface area contributed by atoms with E-state index < -0.39 is 40.7 Å². The highest BCUT2D eigenvalue weighted by molar-refractivity contribution is 5.99. The van der Waals surface area contributed by atoms with Gasteiger partial charge in [-0.05, 0) is 58.4 Å². The average Bonchev–Trinajstić information content (AvgIpc) is 3.50. The van der Waals surface area contributed by atoms with E-state index in [0.29, 0.717) is 38.9 Å². The fraction of sp³-hybridized carbons (Fsp3) is 0.618. The van der Waals surface area contributed by atoms with Gasteiger partial charge in [0, 0.05) is 25.2 Å². The third-order valence-corrected chi connectivity index (χ3v) is 9.33. The molecule has 3 aliphatic heterocycles. The van der Waals surface area contributed by atoms with Gasteiger partial charge in [0.15, 0.2) is 0 Å². The van der Waals surface area contributed by atoms with Crippen molar-refractivity contribution < 1.29 is 24.2 Å². The van der Waals surface area contributed by atoms with Crippen LogP contribution in [0, 0.1) is 17.8 Å². The molecule has 230 valence electrons. The van der Waals surface area contributed by atoms with Gasteiger partial charge in [-0.25, -0.2) is 0 Å². The van der Waals surface area contributed by atoms with E-state index in [1.807, 2.05) is 71.9 Å². The SMILES string of the molecule is C=CCN(Cc1ccccc1)C(=O)[C@H]1[C@H]2C(=O)N([C@@H](CO)CC(C)C)C(C(=O)N(CC=C)C(C)(C)C)C23CC[C@]1(C)O3. The van der Waals surface area contributed by atoms with Crippen molar-refractivity contribution >= 4 is 17.7 Å². The summed E-state index contributed by atoms with van der Waals surface area (Å²) in [5.74, 6) is -2.09. The highest BCUT2D eigenvalue weighted by atomic mass is 16.5. The Balaban J connectivity index is 1.82. The first kappa shape index (κ1) is 32.0. The molecule has 0 aliphatic carbocycles. The molecule has 8 nitrogen and oxygen atoms in total. The summed E-state index contributed by atoms with van der Waals surface area (Å²) in [5.41, 5.74) is -1.62. The van der Waals surface area contributed by atoms with E-state index in [1.165, 1.54) is 0 Å². The molecule has 1 N–H and O–H groups in total. The second-order valence-corrected chi connectivity index (χ2v) is 13.8. The molecule has 0 radical (unpaired) electrons. The van der Waals surface area contributed by atoms with Crippen LogP contribution in [-0.2, 0) is 25.7 Å². The lowest BCUT2D eigenvalue weighted by Gasteiger charge is -2.43. The minimum absolute atomic E-state index is 0.169. The molecule has 2 unspecified atom stereocenters. The number of rotatable bonds is 12. The van der Waals surface area contributed by atoms with Crippen LogP contribution in [-0.4, -0.2) is 86.0 Å². The lowest BCUT2D eigenvalue weighted by molar-refractivity contribution is -0.159. The maximum absolute atomic E-state index is 14.6. The van der Waals surface area contributed by atoms with Crippen LogP contribution in [0.25, 0.3) is 0 Å². The van der Waals surface area contributed by atoms with Gasteiger partial charge in [-0.1, -0.05) is 56.3 Å². The van der Waals surface area contributed by atoms with E-state index in [0.717, 1.165) is 5.56 Å². The van der Waals surface area contributed by atoms with Gasteiger partial charge in [0.25, 0.3) is 0 Å². The number of aliphatic hydroxyl groups is 1. The molecule has 6 atom stereocenters. The Morgan fingerprint density at radius 3 is 2.31 bits per heavy atom. The summed E-state index contributed by atoms with van der Waals surface area (Å²) >= 11 is 0. The van der Waals surface area contributed by atoms with Crippen molar-refractivity contribution in [1.29, 1.82) is 0 Å². The van der Waals surface area contributed by atoms with Crippen molar-refractivity contribution in [3.8, 4) is 0 Å². The minimum atomic E-state index is -1.16. The highest BCUT2D eigenvalue weighted by Crippen LogP contribution is 2.64.